The summed E-state index contributed by atoms with van der Waals surface area (Å²) in [7, 11) is 0. The molecule has 0 saturated carbocycles. The van der Waals surface area contributed by atoms with E-state index in [0.717, 1.165) is 24.3 Å². The Morgan fingerprint density at radius 3 is 2.35 bits per heavy atom. The molecule has 156 valence electrons. The van der Waals surface area contributed by atoms with Gasteiger partial charge in [-0.1, -0.05) is 42.5 Å². The third kappa shape index (κ3) is 5.24. The summed E-state index contributed by atoms with van der Waals surface area (Å²) >= 11 is 0. The van der Waals surface area contributed by atoms with E-state index >= 15 is 0 Å². The molecule has 0 aliphatic carbocycles. The van der Waals surface area contributed by atoms with Crippen molar-refractivity contribution in [2.45, 2.75) is 0 Å². The zero-order chi connectivity index (χ0) is 21.5. The largest absolute Gasteiger partial charge is 0.378 e. The number of ether oxygens (including phenoxy) is 1. The van der Waals surface area contributed by atoms with Crippen LogP contribution in [0.4, 0.5) is 11.4 Å². The molecule has 0 bridgehead atoms. The minimum atomic E-state index is -0.473. The molecule has 4 rings (SSSR count). The summed E-state index contributed by atoms with van der Waals surface area (Å²) in [5.74, 6) is -0.807. The molecular formula is C25H23N3O3. The number of carbonyl (C=O) groups excluding carboxylic acids is 2. The number of rotatable bonds is 6. The molecule has 1 aliphatic heterocycles. The number of pyridine rings is 1. The molecule has 1 amide bonds. The van der Waals surface area contributed by atoms with E-state index in [1.54, 1.807) is 54.9 Å². The number of nitrogens with zero attached hydrogens (tertiary/aromatic N) is 2. The lowest BCUT2D eigenvalue weighted by Gasteiger charge is -2.28. The van der Waals surface area contributed by atoms with Gasteiger partial charge < -0.3 is 15.0 Å². The fourth-order valence-corrected chi connectivity index (χ4v) is 3.38. The molecule has 6 nitrogen and oxygen atoms in total. The minimum Gasteiger partial charge on any atom is -0.378 e. The van der Waals surface area contributed by atoms with Crippen LogP contribution in [0.5, 0.6) is 0 Å². The van der Waals surface area contributed by atoms with Crippen LogP contribution >= 0.6 is 0 Å². The molecule has 0 radical (unpaired) electrons. The Balaban J connectivity index is 1.62. The Morgan fingerprint density at radius 1 is 0.935 bits per heavy atom. The molecule has 0 atom stereocenters. The Labute approximate surface area is 181 Å². The molecule has 0 spiro atoms. The second-order valence-corrected chi connectivity index (χ2v) is 7.14. The quantitative estimate of drug-likeness (QED) is 0.288. The second kappa shape index (κ2) is 9.82. The first-order valence-corrected chi connectivity index (χ1v) is 10.2. The molecule has 31 heavy (non-hydrogen) atoms. The first kappa shape index (κ1) is 20.5. The molecule has 1 fully saturated rings. The smallest absolute Gasteiger partial charge is 0.259 e. The van der Waals surface area contributed by atoms with Gasteiger partial charge in [0.1, 0.15) is 0 Å². The van der Waals surface area contributed by atoms with Crippen molar-refractivity contribution in [3.05, 3.63) is 95.8 Å². The summed E-state index contributed by atoms with van der Waals surface area (Å²) < 4.78 is 5.40. The fourth-order valence-electron chi connectivity index (χ4n) is 3.38. The highest BCUT2D eigenvalue weighted by molar-refractivity contribution is 6.31. The van der Waals surface area contributed by atoms with Crippen molar-refractivity contribution in [3.8, 4) is 0 Å². The van der Waals surface area contributed by atoms with E-state index < -0.39 is 5.91 Å². The lowest BCUT2D eigenvalue weighted by Crippen LogP contribution is -2.36. The van der Waals surface area contributed by atoms with E-state index in [2.05, 4.69) is 15.2 Å². The van der Waals surface area contributed by atoms with Crippen LogP contribution in [0, 0.1) is 0 Å². The number of benzene rings is 2. The van der Waals surface area contributed by atoms with Crippen LogP contribution in [0.2, 0.25) is 0 Å². The van der Waals surface area contributed by atoms with Gasteiger partial charge >= 0.3 is 0 Å². The number of morpholine rings is 1. The van der Waals surface area contributed by atoms with Gasteiger partial charge in [0, 0.05) is 30.5 Å². The first-order chi connectivity index (χ1) is 15.2. The maximum absolute atomic E-state index is 13.1. The molecule has 1 N–H and O–H groups in total. The number of carbonyl (C=O) groups is 2. The number of hydrogen-bond donors (Lipinski definition) is 1. The zero-order valence-electron chi connectivity index (χ0n) is 17.0. The molecule has 2 heterocycles. The van der Waals surface area contributed by atoms with Crippen LogP contribution in [-0.4, -0.2) is 43.0 Å². The molecule has 2 aromatic carbocycles. The molecule has 6 heteroatoms. The van der Waals surface area contributed by atoms with E-state index in [-0.39, 0.29) is 11.4 Å². The number of Topliss-reactive ketones (excluding diaryl/α,β-unsaturated/α-hetero) is 1. The molecule has 1 saturated heterocycles. The fraction of sp³-hybridized carbons (Fsp3) is 0.160. The lowest BCUT2D eigenvalue weighted by molar-refractivity contribution is -0.112. The average molecular weight is 413 g/mol. The van der Waals surface area contributed by atoms with Crippen LogP contribution in [0.25, 0.3) is 6.08 Å². The minimum absolute atomic E-state index is 0.0641. The van der Waals surface area contributed by atoms with Crippen LogP contribution in [0.1, 0.15) is 15.9 Å². The van der Waals surface area contributed by atoms with E-state index in [9.17, 15) is 9.59 Å². The van der Waals surface area contributed by atoms with Gasteiger partial charge in [-0.05, 0) is 35.9 Å². The number of ketones is 1. The second-order valence-electron chi connectivity index (χ2n) is 7.14. The monoisotopic (exact) mass is 413 g/mol. The van der Waals surface area contributed by atoms with Gasteiger partial charge in [-0.3, -0.25) is 14.6 Å². The summed E-state index contributed by atoms with van der Waals surface area (Å²) in [5.41, 5.74) is 2.92. The van der Waals surface area contributed by atoms with Crippen molar-refractivity contribution in [1.29, 1.82) is 0 Å². The maximum Gasteiger partial charge on any atom is 0.259 e. The van der Waals surface area contributed by atoms with Gasteiger partial charge in [-0.2, -0.15) is 0 Å². The van der Waals surface area contributed by atoms with Gasteiger partial charge in [0.15, 0.2) is 5.78 Å². The summed E-state index contributed by atoms with van der Waals surface area (Å²) in [4.78, 5) is 32.4. The molecule has 3 aromatic rings. The van der Waals surface area contributed by atoms with Gasteiger partial charge in [0.2, 0.25) is 0 Å². The molecule has 0 unspecified atom stereocenters. The SMILES string of the molecule is O=C(Nc1cccnc1)/C(=C/c1ccc(N2CCOCC2)cc1)C(=O)c1ccccc1. The Morgan fingerprint density at radius 2 is 1.68 bits per heavy atom. The zero-order valence-corrected chi connectivity index (χ0v) is 17.0. The number of nitrogens with one attached hydrogen (secondary N) is 1. The third-order valence-corrected chi connectivity index (χ3v) is 5.02. The van der Waals surface area contributed by atoms with Crippen molar-refractivity contribution < 1.29 is 14.3 Å². The molecule has 1 aromatic heterocycles. The van der Waals surface area contributed by atoms with Gasteiger partial charge in [-0.25, -0.2) is 0 Å². The maximum atomic E-state index is 13.1. The first-order valence-electron chi connectivity index (χ1n) is 10.2. The normalized spacial score (nSPS) is 14.2. The predicted molar refractivity (Wildman–Crippen MR) is 121 cm³/mol. The average Bonchev–Trinajstić information content (AvgIpc) is 2.84. The van der Waals surface area contributed by atoms with E-state index in [1.807, 2.05) is 30.3 Å². The molecular weight excluding hydrogens is 390 g/mol. The highest BCUT2D eigenvalue weighted by atomic mass is 16.5. The van der Waals surface area contributed by atoms with Crippen molar-refractivity contribution >= 4 is 29.1 Å². The third-order valence-electron chi connectivity index (χ3n) is 5.02. The van der Waals surface area contributed by atoms with Crippen LogP contribution in [0.3, 0.4) is 0 Å². The number of hydrogen-bond acceptors (Lipinski definition) is 5. The van der Waals surface area contributed by atoms with Crippen LogP contribution < -0.4 is 10.2 Å². The number of anilines is 2. The van der Waals surface area contributed by atoms with E-state index in [1.165, 1.54) is 0 Å². The Kier molecular flexibility index (Phi) is 6.50. The van der Waals surface area contributed by atoms with Crippen molar-refractivity contribution in [1.82, 2.24) is 4.98 Å². The highest BCUT2D eigenvalue weighted by Crippen LogP contribution is 2.20. The predicted octanol–water partition coefficient (Wildman–Crippen LogP) is 3.82. The van der Waals surface area contributed by atoms with Gasteiger partial charge in [-0.15, -0.1) is 0 Å². The van der Waals surface area contributed by atoms with Crippen LogP contribution in [0.15, 0.2) is 84.7 Å². The molecule has 1 aliphatic rings. The highest BCUT2D eigenvalue weighted by Gasteiger charge is 2.20. The summed E-state index contributed by atoms with van der Waals surface area (Å²) in [5, 5.41) is 2.76. The van der Waals surface area contributed by atoms with Gasteiger partial charge in [0.25, 0.3) is 5.91 Å². The lowest BCUT2D eigenvalue weighted by atomic mass is 10.00. The summed E-state index contributed by atoms with van der Waals surface area (Å²) in [6.45, 7) is 3.12. The standard InChI is InChI=1S/C25H23N3O3/c29-24(20-5-2-1-3-6-20)23(25(30)27-21-7-4-12-26-18-21)17-19-8-10-22(11-9-19)28-13-15-31-16-14-28/h1-12,17-18H,13-16H2,(H,27,30)/b23-17+. The Bertz CT molecular complexity index is 1060. The number of amides is 1. The van der Waals surface area contributed by atoms with Gasteiger partial charge in [0.05, 0.1) is 30.7 Å². The summed E-state index contributed by atoms with van der Waals surface area (Å²) in [6.07, 6.45) is 4.79. The van der Waals surface area contributed by atoms with Crippen LogP contribution in [-0.2, 0) is 9.53 Å². The van der Waals surface area contributed by atoms with Crippen molar-refractivity contribution in [2.24, 2.45) is 0 Å². The van der Waals surface area contributed by atoms with E-state index in [4.69, 9.17) is 4.74 Å². The number of aromatic nitrogens is 1. The van der Waals surface area contributed by atoms with Crippen molar-refractivity contribution in [3.63, 3.8) is 0 Å². The Hall–Kier alpha value is -3.77. The van der Waals surface area contributed by atoms with E-state index in [0.29, 0.717) is 24.5 Å². The topological polar surface area (TPSA) is 71.5 Å². The summed E-state index contributed by atoms with van der Waals surface area (Å²) in [6, 6.07) is 20.1. The van der Waals surface area contributed by atoms with Crippen molar-refractivity contribution in [2.75, 3.05) is 36.5 Å².